The van der Waals surface area contributed by atoms with Gasteiger partial charge in [-0.1, -0.05) is 6.08 Å². The topological polar surface area (TPSA) is 87.1 Å². The Labute approximate surface area is 166 Å². The van der Waals surface area contributed by atoms with E-state index in [4.69, 9.17) is 4.74 Å². The second-order valence-corrected chi connectivity index (χ2v) is 7.41. The largest absolute Gasteiger partial charge is 0.515 e. The summed E-state index contributed by atoms with van der Waals surface area (Å²) < 4.78 is 5.60. The SMILES string of the molecule is C/C=C1C(=C/C(=C/O)COC(C)C)\CC2(CCC2)N(/C=C/C=O)C\1=C/C(=O)O. The van der Waals surface area contributed by atoms with Crippen LogP contribution in [0.15, 0.2) is 59.2 Å². The number of carbonyl (C=O) groups excluding carboxylic acids is 1. The Bertz CT molecular complexity index is 751. The Kier molecular flexibility index (Phi) is 7.40. The smallest absolute Gasteiger partial charge is 0.330 e. The molecule has 0 aromatic carbocycles. The van der Waals surface area contributed by atoms with Crippen molar-refractivity contribution in [1.29, 1.82) is 0 Å². The van der Waals surface area contributed by atoms with Gasteiger partial charge in [0.05, 0.1) is 24.7 Å². The van der Waals surface area contributed by atoms with E-state index in [9.17, 15) is 19.8 Å². The van der Waals surface area contributed by atoms with Gasteiger partial charge in [-0.25, -0.2) is 4.79 Å². The first-order chi connectivity index (χ1) is 13.4. The van der Waals surface area contributed by atoms with Gasteiger partial charge in [-0.2, -0.15) is 0 Å². The standard InChI is InChI=1S/C22H29NO5/c1-4-19-18(11-17(14-25)15-28-16(2)3)13-22(7-5-8-22)23(9-6-10-24)20(19)12-21(26)27/h4,6,9-12,14,16,25H,5,7-8,13,15H2,1-3H3,(H,26,27)/b9-6+,17-14-,18-11-,19-4+,20-12-. The average Bonchev–Trinajstić information content (AvgIpc) is 2.61. The molecule has 2 aliphatic rings. The number of ether oxygens (including phenoxy) is 1. The molecular formula is C22H29NO5. The molecule has 6 heteroatoms. The Hall–Kier alpha value is -2.60. The summed E-state index contributed by atoms with van der Waals surface area (Å²) >= 11 is 0. The molecule has 0 atom stereocenters. The van der Waals surface area contributed by atoms with Crippen molar-refractivity contribution in [2.75, 3.05) is 6.61 Å². The number of aliphatic hydroxyl groups excluding tert-OH is 1. The van der Waals surface area contributed by atoms with E-state index in [1.54, 1.807) is 6.20 Å². The molecule has 0 unspecified atom stereocenters. The first-order valence-electron chi connectivity index (χ1n) is 9.55. The highest BCUT2D eigenvalue weighted by atomic mass is 16.5. The van der Waals surface area contributed by atoms with Gasteiger partial charge in [-0.15, -0.1) is 0 Å². The van der Waals surface area contributed by atoms with Gasteiger partial charge < -0.3 is 19.8 Å². The van der Waals surface area contributed by atoms with E-state index in [0.717, 1.165) is 36.7 Å². The maximum absolute atomic E-state index is 11.5. The number of allylic oxidation sites excluding steroid dienone is 3. The summed E-state index contributed by atoms with van der Waals surface area (Å²) in [5.74, 6) is -1.05. The summed E-state index contributed by atoms with van der Waals surface area (Å²) in [6.07, 6.45) is 13.3. The van der Waals surface area contributed by atoms with Crippen LogP contribution in [0.25, 0.3) is 0 Å². The van der Waals surface area contributed by atoms with Gasteiger partial charge in [0, 0.05) is 23.4 Å². The fourth-order valence-electron chi connectivity index (χ4n) is 3.78. The van der Waals surface area contributed by atoms with Crippen molar-refractivity contribution in [1.82, 2.24) is 4.90 Å². The number of carboxylic acids is 1. The van der Waals surface area contributed by atoms with Crippen molar-refractivity contribution in [2.24, 2.45) is 0 Å². The molecule has 2 rings (SSSR count). The summed E-state index contributed by atoms with van der Waals surface area (Å²) in [7, 11) is 0. The lowest BCUT2D eigenvalue weighted by molar-refractivity contribution is -0.131. The number of hydrogen-bond acceptors (Lipinski definition) is 5. The zero-order chi connectivity index (χ0) is 20.7. The number of aliphatic carboxylic acids is 1. The lowest BCUT2D eigenvalue weighted by Gasteiger charge is -2.55. The van der Waals surface area contributed by atoms with Crippen LogP contribution in [0.1, 0.15) is 46.5 Å². The Balaban J connectivity index is 2.51. The molecule has 1 spiro atoms. The van der Waals surface area contributed by atoms with Crippen molar-refractivity contribution in [3.05, 3.63) is 59.2 Å². The molecule has 152 valence electrons. The number of likely N-dealkylation sites (tertiary alicyclic amines) is 1. The number of hydrogen-bond donors (Lipinski definition) is 2. The molecular weight excluding hydrogens is 358 g/mol. The van der Waals surface area contributed by atoms with Crippen LogP contribution >= 0.6 is 0 Å². The number of rotatable bonds is 7. The molecule has 2 N–H and O–H groups in total. The van der Waals surface area contributed by atoms with E-state index in [0.29, 0.717) is 24.0 Å². The summed E-state index contributed by atoms with van der Waals surface area (Å²) in [6.45, 7) is 5.98. The monoisotopic (exact) mass is 387 g/mol. The maximum Gasteiger partial charge on any atom is 0.330 e. The number of nitrogens with zero attached hydrogens (tertiary/aromatic N) is 1. The maximum atomic E-state index is 11.5. The third-order valence-corrected chi connectivity index (χ3v) is 5.17. The van der Waals surface area contributed by atoms with Crippen LogP contribution in [-0.4, -0.2) is 45.6 Å². The van der Waals surface area contributed by atoms with Gasteiger partial charge >= 0.3 is 5.97 Å². The van der Waals surface area contributed by atoms with Gasteiger partial charge in [-0.3, -0.25) is 4.79 Å². The zero-order valence-electron chi connectivity index (χ0n) is 16.7. The van der Waals surface area contributed by atoms with Gasteiger partial charge in [0.15, 0.2) is 0 Å². The number of carbonyl (C=O) groups is 2. The van der Waals surface area contributed by atoms with Gasteiger partial charge in [-0.05, 0) is 69.8 Å². The van der Waals surface area contributed by atoms with Gasteiger partial charge in [0.1, 0.15) is 6.29 Å². The number of piperidine rings is 1. The van der Waals surface area contributed by atoms with Crippen molar-refractivity contribution in [3.8, 4) is 0 Å². The Morgan fingerprint density at radius 3 is 2.50 bits per heavy atom. The van der Waals surface area contributed by atoms with Crippen LogP contribution in [-0.2, 0) is 14.3 Å². The van der Waals surface area contributed by atoms with Crippen molar-refractivity contribution < 1.29 is 24.5 Å². The first kappa shape index (κ1) is 21.7. The average molecular weight is 387 g/mol. The van der Waals surface area contributed by atoms with E-state index >= 15 is 0 Å². The van der Waals surface area contributed by atoms with E-state index in [1.807, 2.05) is 37.8 Å². The predicted octanol–water partition coefficient (Wildman–Crippen LogP) is 4.04. The molecule has 1 heterocycles. The predicted molar refractivity (Wildman–Crippen MR) is 108 cm³/mol. The quantitative estimate of drug-likeness (QED) is 0.390. The van der Waals surface area contributed by atoms with E-state index in [1.165, 1.54) is 12.2 Å². The fourth-order valence-corrected chi connectivity index (χ4v) is 3.78. The van der Waals surface area contributed by atoms with Crippen LogP contribution in [0.3, 0.4) is 0 Å². The third kappa shape index (κ3) is 4.81. The second-order valence-electron chi connectivity index (χ2n) is 7.41. The van der Waals surface area contributed by atoms with Gasteiger partial charge in [0.25, 0.3) is 0 Å². The van der Waals surface area contributed by atoms with Crippen molar-refractivity contribution >= 4 is 12.3 Å². The molecule has 1 aliphatic carbocycles. The molecule has 0 aromatic rings. The lowest BCUT2D eigenvalue weighted by Crippen LogP contribution is -2.54. The normalized spacial score (nSPS) is 23.9. The molecule has 1 saturated carbocycles. The molecule has 2 fully saturated rings. The molecule has 28 heavy (non-hydrogen) atoms. The molecule has 6 nitrogen and oxygen atoms in total. The Morgan fingerprint density at radius 2 is 2.04 bits per heavy atom. The first-order valence-corrected chi connectivity index (χ1v) is 9.55. The minimum absolute atomic E-state index is 0.0327. The van der Waals surface area contributed by atoms with Crippen LogP contribution in [0.5, 0.6) is 0 Å². The second kappa shape index (κ2) is 9.55. The van der Waals surface area contributed by atoms with E-state index in [2.05, 4.69) is 0 Å². The highest BCUT2D eigenvalue weighted by Crippen LogP contribution is 2.51. The highest BCUT2D eigenvalue weighted by Gasteiger charge is 2.47. The van der Waals surface area contributed by atoms with Crippen molar-refractivity contribution in [2.45, 2.75) is 58.1 Å². The highest BCUT2D eigenvalue weighted by molar-refractivity contribution is 5.82. The van der Waals surface area contributed by atoms with Crippen molar-refractivity contribution in [3.63, 3.8) is 0 Å². The molecule has 0 bridgehead atoms. The third-order valence-electron chi connectivity index (χ3n) is 5.17. The lowest BCUT2D eigenvalue weighted by atomic mass is 9.67. The molecule has 0 aromatic heterocycles. The minimum Gasteiger partial charge on any atom is -0.515 e. The van der Waals surface area contributed by atoms with Crippen LogP contribution in [0, 0.1) is 0 Å². The van der Waals surface area contributed by atoms with E-state index < -0.39 is 5.97 Å². The molecule has 1 aliphatic heterocycles. The molecule has 0 amide bonds. The van der Waals surface area contributed by atoms with Gasteiger partial charge in [0.2, 0.25) is 0 Å². The summed E-state index contributed by atoms with van der Waals surface area (Å²) in [4.78, 5) is 24.3. The number of aldehydes is 1. The van der Waals surface area contributed by atoms with Crippen LogP contribution in [0.4, 0.5) is 0 Å². The minimum atomic E-state index is -1.05. The molecule has 0 radical (unpaired) electrons. The zero-order valence-corrected chi connectivity index (χ0v) is 16.7. The Morgan fingerprint density at radius 1 is 1.32 bits per heavy atom. The van der Waals surface area contributed by atoms with Crippen LogP contribution < -0.4 is 0 Å². The number of aliphatic hydroxyl groups is 1. The summed E-state index contributed by atoms with van der Waals surface area (Å²) in [5.41, 5.74) is 2.66. The fraction of sp³-hybridized carbons (Fsp3) is 0.455. The molecule has 1 saturated heterocycles. The number of carboxylic acid groups (broad SMARTS) is 1. The summed E-state index contributed by atoms with van der Waals surface area (Å²) in [5, 5.41) is 19.1. The van der Waals surface area contributed by atoms with Crippen LogP contribution in [0.2, 0.25) is 0 Å². The van der Waals surface area contributed by atoms with E-state index in [-0.39, 0.29) is 18.2 Å². The summed E-state index contributed by atoms with van der Waals surface area (Å²) in [6, 6.07) is 0.